The van der Waals surface area contributed by atoms with Crippen molar-refractivity contribution in [2.75, 3.05) is 13.7 Å². The highest BCUT2D eigenvalue weighted by atomic mass is 79.9. The van der Waals surface area contributed by atoms with E-state index < -0.39 is 17.7 Å². The van der Waals surface area contributed by atoms with Crippen molar-refractivity contribution < 1.29 is 13.5 Å². The number of hydrogen-bond donors (Lipinski definition) is 1. The summed E-state index contributed by atoms with van der Waals surface area (Å²) >= 11 is 3.40. The van der Waals surface area contributed by atoms with E-state index in [4.69, 9.17) is 10.5 Å². The van der Waals surface area contributed by atoms with Crippen LogP contribution in [0.4, 0.5) is 8.78 Å². The predicted octanol–water partition coefficient (Wildman–Crippen LogP) is 2.81. The van der Waals surface area contributed by atoms with Crippen molar-refractivity contribution in [1.82, 2.24) is 9.78 Å². The van der Waals surface area contributed by atoms with E-state index in [1.54, 1.807) is 18.0 Å². The molecule has 0 aliphatic rings. The molecule has 114 valence electrons. The third-order valence-corrected chi connectivity index (χ3v) is 3.76. The quantitative estimate of drug-likeness (QED) is 0.862. The molecule has 1 aromatic carbocycles. The monoisotopic (exact) mass is 359 g/mol. The molecule has 0 radical (unpaired) electrons. The molecule has 2 aromatic rings. The maximum Gasteiger partial charge on any atom is 0.129 e. The van der Waals surface area contributed by atoms with E-state index >= 15 is 0 Å². The summed E-state index contributed by atoms with van der Waals surface area (Å²) in [4.78, 5) is 0. The topological polar surface area (TPSA) is 53.1 Å². The van der Waals surface area contributed by atoms with Crippen molar-refractivity contribution in [2.45, 2.75) is 19.0 Å². The lowest BCUT2D eigenvalue weighted by Crippen LogP contribution is -2.21. The molecule has 0 aliphatic carbocycles. The largest absolute Gasteiger partial charge is 0.383 e. The molecule has 0 saturated heterocycles. The summed E-state index contributed by atoms with van der Waals surface area (Å²) in [6.07, 6.45) is 1.90. The lowest BCUT2D eigenvalue weighted by atomic mass is 10.0. The van der Waals surface area contributed by atoms with Crippen molar-refractivity contribution in [3.05, 3.63) is 51.8 Å². The van der Waals surface area contributed by atoms with E-state index in [-0.39, 0.29) is 6.42 Å². The van der Waals surface area contributed by atoms with E-state index in [9.17, 15) is 8.78 Å². The molecule has 0 bridgehead atoms. The second-order valence-corrected chi connectivity index (χ2v) is 5.49. The minimum atomic E-state index is -0.601. The molecule has 0 saturated carbocycles. The SMILES string of the molecule is COCCn1ncc(Br)c1C(N)Cc1ccc(F)cc1F. The number of hydrogen-bond acceptors (Lipinski definition) is 3. The standard InChI is InChI=1S/C14H16BrF2N3O/c1-21-5-4-20-14(11(15)8-19-20)13(18)6-9-2-3-10(16)7-12(9)17/h2-3,7-8,13H,4-6,18H2,1H3. The Balaban J connectivity index is 2.19. The van der Waals surface area contributed by atoms with Crippen LogP contribution in [-0.2, 0) is 17.7 Å². The normalized spacial score (nSPS) is 12.6. The van der Waals surface area contributed by atoms with Gasteiger partial charge in [-0.25, -0.2) is 8.78 Å². The lowest BCUT2D eigenvalue weighted by molar-refractivity contribution is 0.182. The van der Waals surface area contributed by atoms with Crippen LogP contribution in [0.3, 0.4) is 0 Å². The molecule has 4 nitrogen and oxygen atoms in total. The molecule has 2 N–H and O–H groups in total. The molecule has 7 heteroatoms. The Labute approximate surface area is 130 Å². The van der Waals surface area contributed by atoms with Crippen LogP contribution in [0.5, 0.6) is 0 Å². The van der Waals surface area contributed by atoms with Gasteiger partial charge in [-0.2, -0.15) is 5.10 Å². The number of nitrogens with two attached hydrogens (primary N) is 1. The van der Waals surface area contributed by atoms with Gasteiger partial charge < -0.3 is 10.5 Å². The third-order valence-electron chi connectivity index (χ3n) is 3.15. The Bertz CT molecular complexity index is 618. The van der Waals surface area contributed by atoms with Crippen LogP contribution in [0, 0.1) is 11.6 Å². The van der Waals surface area contributed by atoms with E-state index in [1.165, 1.54) is 12.1 Å². The first-order chi connectivity index (χ1) is 10.0. The average Bonchev–Trinajstić information content (AvgIpc) is 2.80. The number of aromatic nitrogens is 2. The molecule has 0 aliphatic heterocycles. The third kappa shape index (κ3) is 3.87. The molecular formula is C14H16BrF2N3O. The Morgan fingerprint density at radius 2 is 2.19 bits per heavy atom. The van der Waals surface area contributed by atoms with Gasteiger partial charge in [-0.3, -0.25) is 4.68 Å². The second kappa shape index (κ2) is 7.11. The molecule has 21 heavy (non-hydrogen) atoms. The zero-order valence-electron chi connectivity index (χ0n) is 11.5. The average molecular weight is 360 g/mol. The number of halogens is 3. The Morgan fingerprint density at radius 1 is 1.43 bits per heavy atom. The Morgan fingerprint density at radius 3 is 2.86 bits per heavy atom. The Kier molecular flexibility index (Phi) is 5.44. The van der Waals surface area contributed by atoms with Crippen LogP contribution in [0.15, 0.2) is 28.9 Å². The smallest absolute Gasteiger partial charge is 0.129 e. The van der Waals surface area contributed by atoms with Crippen LogP contribution in [-0.4, -0.2) is 23.5 Å². The van der Waals surface area contributed by atoms with Gasteiger partial charge in [0.1, 0.15) is 11.6 Å². The number of nitrogens with zero attached hydrogens (tertiary/aromatic N) is 2. The summed E-state index contributed by atoms with van der Waals surface area (Å²) in [7, 11) is 1.60. The molecule has 1 unspecified atom stereocenters. The van der Waals surface area contributed by atoms with Gasteiger partial charge in [0.25, 0.3) is 0 Å². The highest BCUT2D eigenvalue weighted by Gasteiger charge is 2.18. The van der Waals surface area contributed by atoms with E-state index in [2.05, 4.69) is 21.0 Å². The van der Waals surface area contributed by atoms with Gasteiger partial charge in [0, 0.05) is 13.2 Å². The van der Waals surface area contributed by atoms with Crippen molar-refractivity contribution in [1.29, 1.82) is 0 Å². The number of ether oxygens (including phenoxy) is 1. The van der Waals surface area contributed by atoms with Crippen LogP contribution in [0.1, 0.15) is 17.3 Å². The number of methoxy groups -OCH3 is 1. The van der Waals surface area contributed by atoms with Gasteiger partial charge in [0.05, 0.1) is 35.6 Å². The summed E-state index contributed by atoms with van der Waals surface area (Å²) in [5.41, 5.74) is 7.29. The first-order valence-electron chi connectivity index (χ1n) is 6.42. The highest BCUT2D eigenvalue weighted by Crippen LogP contribution is 2.25. The molecule has 0 spiro atoms. The van der Waals surface area contributed by atoms with E-state index in [0.717, 1.165) is 16.2 Å². The van der Waals surface area contributed by atoms with E-state index in [1.807, 2.05) is 0 Å². The predicted molar refractivity (Wildman–Crippen MR) is 78.8 cm³/mol. The summed E-state index contributed by atoms with van der Waals surface area (Å²) in [5, 5.41) is 4.21. The minimum Gasteiger partial charge on any atom is -0.383 e. The summed E-state index contributed by atoms with van der Waals surface area (Å²) in [6.45, 7) is 1.05. The zero-order valence-corrected chi connectivity index (χ0v) is 13.1. The fourth-order valence-electron chi connectivity index (χ4n) is 2.12. The van der Waals surface area contributed by atoms with Gasteiger partial charge in [-0.05, 0) is 34.0 Å². The first-order valence-corrected chi connectivity index (χ1v) is 7.22. The van der Waals surface area contributed by atoms with Crippen molar-refractivity contribution in [3.8, 4) is 0 Å². The maximum atomic E-state index is 13.7. The molecule has 0 amide bonds. The van der Waals surface area contributed by atoms with Crippen LogP contribution < -0.4 is 5.73 Å². The minimum absolute atomic E-state index is 0.253. The number of rotatable bonds is 6. The highest BCUT2D eigenvalue weighted by molar-refractivity contribution is 9.10. The molecule has 1 aromatic heterocycles. The van der Waals surface area contributed by atoms with Crippen LogP contribution >= 0.6 is 15.9 Å². The second-order valence-electron chi connectivity index (χ2n) is 4.64. The molecule has 0 fully saturated rings. The molecule has 1 atom stereocenters. The number of benzene rings is 1. The maximum absolute atomic E-state index is 13.7. The van der Waals surface area contributed by atoms with Gasteiger partial charge in [0.15, 0.2) is 0 Å². The van der Waals surface area contributed by atoms with Crippen molar-refractivity contribution >= 4 is 15.9 Å². The summed E-state index contributed by atoms with van der Waals surface area (Å²) < 4.78 is 34.1. The fraction of sp³-hybridized carbons (Fsp3) is 0.357. The van der Waals surface area contributed by atoms with Gasteiger partial charge in [-0.1, -0.05) is 6.07 Å². The Hall–Kier alpha value is -1.31. The first kappa shape index (κ1) is 16.1. The van der Waals surface area contributed by atoms with Crippen LogP contribution in [0.2, 0.25) is 0 Å². The van der Waals surface area contributed by atoms with E-state index in [0.29, 0.717) is 18.7 Å². The summed E-state index contributed by atoms with van der Waals surface area (Å²) in [5.74, 6) is -1.19. The van der Waals surface area contributed by atoms with Gasteiger partial charge in [0.2, 0.25) is 0 Å². The van der Waals surface area contributed by atoms with Crippen LogP contribution in [0.25, 0.3) is 0 Å². The summed E-state index contributed by atoms with van der Waals surface area (Å²) in [6, 6.07) is 3.04. The zero-order chi connectivity index (χ0) is 15.4. The molecule has 1 heterocycles. The fourth-order valence-corrected chi connectivity index (χ4v) is 2.71. The molecular weight excluding hydrogens is 344 g/mol. The van der Waals surface area contributed by atoms with Gasteiger partial charge in [-0.15, -0.1) is 0 Å². The van der Waals surface area contributed by atoms with Gasteiger partial charge >= 0.3 is 0 Å². The molecule has 2 rings (SSSR count). The van der Waals surface area contributed by atoms with Crippen molar-refractivity contribution in [3.63, 3.8) is 0 Å². The van der Waals surface area contributed by atoms with Crippen molar-refractivity contribution in [2.24, 2.45) is 5.73 Å². The lowest BCUT2D eigenvalue weighted by Gasteiger charge is -2.15.